The van der Waals surface area contributed by atoms with Crippen molar-refractivity contribution in [3.63, 3.8) is 0 Å². The minimum absolute atomic E-state index is 0.0506. The number of pyridine rings is 1. The van der Waals surface area contributed by atoms with Crippen LogP contribution >= 0.6 is 0 Å². The van der Waals surface area contributed by atoms with E-state index in [-0.39, 0.29) is 17.6 Å². The summed E-state index contributed by atoms with van der Waals surface area (Å²) in [6.45, 7) is 6.15. The lowest BCUT2D eigenvalue weighted by Gasteiger charge is -2.37. The fourth-order valence-electron chi connectivity index (χ4n) is 4.59. The second-order valence-corrected chi connectivity index (χ2v) is 8.88. The fourth-order valence-corrected chi connectivity index (χ4v) is 4.59. The summed E-state index contributed by atoms with van der Waals surface area (Å²) in [4.78, 5) is 17.1. The van der Waals surface area contributed by atoms with E-state index < -0.39 is 0 Å². The molecule has 152 valence electrons. The number of nitrogens with zero attached hydrogens (tertiary/aromatic N) is 5. The third-order valence-corrected chi connectivity index (χ3v) is 6.07. The number of H-pyrrole nitrogens is 1. The van der Waals surface area contributed by atoms with Crippen molar-refractivity contribution in [2.75, 3.05) is 27.2 Å². The highest BCUT2D eigenvalue weighted by molar-refractivity contribution is 5.79. The van der Waals surface area contributed by atoms with Crippen LogP contribution in [-0.2, 0) is 11.2 Å². The molecule has 1 aliphatic heterocycles. The molecule has 2 aromatic rings. The van der Waals surface area contributed by atoms with Crippen molar-refractivity contribution >= 4 is 5.78 Å². The van der Waals surface area contributed by atoms with Crippen LogP contribution in [0.25, 0.3) is 0 Å². The third-order valence-electron chi connectivity index (χ3n) is 6.07. The number of likely N-dealkylation sites (N-methyl/N-ethyl adjacent to an activating group) is 1. The maximum atomic E-state index is 12.3. The SMILES string of the molecule is CCC[C@H](C(C)=O)[C@H](Cc1ccc(C2CCC[N+](C)(C)C2)nc1)c1nnn[nH]1. The average Bonchev–Trinajstić information content (AvgIpc) is 3.18. The van der Waals surface area contributed by atoms with E-state index in [2.05, 4.69) is 53.8 Å². The first-order chi connectivity index (χ1) is 13.4. The molecular weight excluding hydrogens is 352 g/mol. The maximum Gasteiger partial charge on any atom is 0.152 e. The van der Waals surface area contributed by atoms with Gasteiger partial charge in [0.15, 0.2) is 5.82 Å². The number of hydrogen-bond acceptors (Lipinski definition) is 5. The molecule has 7 heteroatoms. The molecule has 1 aliphatic rings. The summed E-state index contributed by atoms with van der Waals surface area (Å²) in [5.74, 6) is 1.26. The molecule has 1 saturated heterocycles. The van der Waals surface area contributed by atoms with Gasteiger partial charge in [-0.05, 0) is 54.7 Å². The largest absolute Gasteiger partial charge is 0.328 e. The van der Waals surface area contributed by atoms with Gasteiger partial charge in [-0.25, -0.2) is 5.10 Å². The summed E-state index contributed by atoms with van der Waals surface area (Å²) in [5, 5.41) is 14.4. The number of carbonyl (C=O) groups is 1. The van der Waals surface area contributed by atoms with Crippen molar-refractivity contribution < 1.29 is 9.28 Å². The second kappa shape index (κ2) is 8.90. The molecule has 1 N–H and O–H groups in total. The number of tetrazole rings is 1. The zero-order valence-corrected chi connectivity index (χ0v) is 17.6. The summed E-state index contributed by atoms with van der Waals surface area (Å²) >= 11 is 0. The molecule has 0 aliphatic carbocycles. The highest BCUT2D eigenvalue weighted by Gasteiger charge is 2.31. The van der Waals surface area contributed by atoms with Crippen molar-refractivity contribution in [2.45, 2.75) is 57.8 Å². The van der Waals surface area contributed by atoms with Crippen LogP contribution in [0.3, 0.4) is 0 Å². The van der Waals surface area contributed by atoms with E-state index in [1.165, 1.54) is 25.1 Å². The molecule has 3 atom stereocenters. The molecule has 0 saturated carbocycles. The lowest BCUT2D eigenvalue weighted by molar-refractivity contribution is -0.896. The molecular formula is C21H33N6O+. The monoisotopic (exact) mass is 385 g/mol. The number of hydrogen-bond donors (Lipinski definition) is 1. The average molecular weight is 386 g/mol. The van der Waals surface area contributed by atoms with Gasteiger partial charge in [0.05, 0.1) is 33.1 Å². The molecule has 0 amide bonds. The van der Waals surface area contributed by atoms with Gasteiger partial charge in [0.1, 0.15) is 5.78 Å². The van der Waals surface area contributed by atoms with Gasteiger partial charge in [0, 0.05) is 23.7 Å². The third kappa shape index (κ3) is 5.01. The zero-order valence-electron chi connectivity index (χ0n) is 17.6. The molecule has 1 unspecified atom stereocenters. The molecule has 2 aromatic heterocycles. The van der Waals surface area contributed by atoms with Crippen LogP contribution in [0.15, 0.2) is 18.3 Å². The topological polar surface area (TPSA) is 84.4 Å². The number of likely N-dealkylation sites (tertiary alicyclic amines) is 1. The molecule has 0 bridgehead atoms. The van der Waals surface area contributed by atoms with Gasteiger partial charge >= 0.3 is 0 Å². The lowest BCUT2D eigenvalue weighted by Crippen LogP contribution is -2.46. The fraction of sp³-hybridized carbons (Fsp3) is 0.667. The van der Waals surface area contributed by atoms with Gasteiger partial charge in [0.2, 0.25) is 0 Å². The maximum absolute atomic E-state index is 12.3. The molecule has 1 fully saturated rings. The zero-order chi connectivity index (χ0) is 20.1. The normalized spacial score (nSPS) is 21.2. The smallest absolute Gasteiger partial charge is 0.152 e. The Bertz CT molecular complexity index is 756. The molecule has 0 aromatic carbocycles. The lowest BCUT2D eigenvalue weighted by atomic mass is 9.81. The Morgan fingerprint density at radius 1 is 1.36 bits per heavy atom. The predicted molar refractivity (Wildman–Crippen MR) is 108 cm³/mol. The van der Waals surface area contributed by atoms with Gasteiger partial charge in [0.25, 0.3) is 0 Å². The number of aromatic nitrogens is 5. The van der Waals surface area contributed by atoms with Crippen molar-refractivity contribution in [1.82, 2.24) is 25.6 Å². The van der Waals surface area contributed by atoms with Crippen LogP contribution in [0, 0.1) is 5.92 Å². The van der Waals surface area contributed by atoms with Crippen LogP contribution in [-0.4, -0.2) is 63.1 Å². The first-order valence-electron chi connectivity index (χ1n) is 10.4. The molecule has 3 heterocycles. The summed E-state index contributed by atoms with van der Waals surface area (Å²) in [6.07, 6.45) is 6.93. The van der Waals surface area contributed by atoms with Gasteiger partial charge in [-0.2, -0.15) is 0 Å². The van der Waals surface area contributed by atoms with Crippen molar-refractivity contribution in [2.24, 2.45) is 5.92 Å². The Morgan fingerprint density at radius 2 is 2.18 bits per heavy atom. The van der Waals surface area contributed by atoms with Crippen LogP contribution in [0.1, 0.15) is 68.4 Å². The predicted octanol–water partition coefficient (Wildman–Crippen LogP) is 2.88. The number of rotatable bonds is 8. The number of aromatic amines is 1. The number of quaternary nitrogens is 1. The van der Waals surface area contributed by atoms with E-state index in [0.29, 0.717) is 18.2 Å². The van der Waals surface area contributed by atoms with Gasteiger partial charge in [-0.3, -0.25) is 9.78 Å². The van der Waals surface area contributed by atoms with Gasteiger partial charge in [-0.15, -0.1) is 5.10 Å². The van der Waals surface area contributed by atoms with Crippen molar-refractivity contribution in [3.8, 4) is 0 Å². The number of piperidine rings is 1. The van der Waals surface area contributed by atoms with Crippen LogP contribution in [0.2, 0.25) is 0 Å². The molecule has 7 nitrogen and oxygen atoms in total. The first-order valence-corrected chi connectivity index (χ1v) is 10.4. The Labute approximate surface area is 167 Å². The highest BCUT2D eigenvalue weighted by Crippen LogP contribution is 2.31. The summed E-state index contributed by atoms with van der Waals surface area (Å²) in [5.41, 5.74) is 2.31. The Hall–Kier alpha value is -2.15. The summed E-state index contributed by atoms with van der Waals surface area (Å²) in [7, 11) is 4.60. The first kappa shape index (κ1) is 20.6. The summed E-state index contributed by atoms with van der Waals surface area (Å²) in [6, 6.07) is 4.33. The molecule has 0 spiro atoms. The summed E-state index contributed by atoms with van der Waals surface area (Å²) < 4.78 is 1.06. The Kier molecular flexibility index (Phi) is 6.54. The van der Waals surface area contributed by atoms with E-state index in [4.69, 9.17) is 4.98 Å². The van der Waals surface area contributed by atoms with Crippen LogP contribution in [0.5, 0.6) is 0 Å². The quantitative estimate of drug-likeness (QED) is 0.706. The van der Waals surface area contributed by atoms with Crippen molar-refractivity contribution in [1.29, 1.82) is 0 Å². The standard InChI is InChI=1S/C21H33N6O/c1-5-7-18(15(2)28)19(21-23-25-26-24-21)12-16-9-10-20(22-13-16)17-8-6-11-27(3,4)14-17/h9-10,13,17-19H,5-8,11-12,14H2,1-4H3,(H,23,24,25,26)/q+1/t17?,18-,19+/m1/s1. The van der Waals surface area contributed by atoms with Gasteiger partial charge in [-0.1, -0.05) is 19.4 Å². The Morgan fingerprint density at radius 3 is 2.75 bits per heavy atom. The van der Waals surface area contributed by atoms with E-state index in [1.807, 2.05) is 6.20 Å². The highest BCUT2D eigenvalue weighted by atomic mass is 16.1. The number of ketones is 1. The van der Waals surface area contributed by atoms with Gasteiger partial charge < -0.3 is 4.48 Å². The minimum atomic E-state index is -0.0872. The number of Topliss-reactive ketones (excluding diaryl/α,β-unsaturated/α-hetero) is 1. The molecule has 3 rings (SSSR count). The minimum Gasteiger partial charge on any atom is -0.328 e. The van der Waals surface area contributed by atoms with E-state index in [1.54, 1.807) is 6.92 Å². The van der Waals surface area contributed by atoms with E-state index >= 15 is 0 Å². The van der Waals surface area contributed by atoms with Crippen molar-refractivity contribution in [3.05, 3.63) is 35.4 Å². The number of carbonyl (C=O) groups excluding carboxylic acids is 1. The Balaban J connectivity index is 1.77. The molecule has 0 radical (unpaired) electrons. The molecule has 28 heavy (non-hydrogen) atoms. The number of nitrogens with one attached hydrogen (secondary N) is 1. The second-order valence-electron chi connectivity index (χ2n) is 8.88. The van der Waals surface area contributed by atoms with E-state index in [0.717, 1.165) is 29.4 Å². The van der Waals surface area contributed by atoms with E-state index in [9.17, 15) is 4.79 Å². The van der Waals surface area contributed by atoms with Crippen LogP contribution < -0.4 is 0 Å². The van der Waals surface area contributed by atoms with Crippen LogP contribution in [0.4, 0.5) is 0 Å².